The highest BCUT2D eigenvalue weighted by Gasteiger charge is 2.27. The third-order valence-electron chi connectivity index (χ3n) is 2.30. The minimum Gasteiger partial charge on any atom is -0.307 e. The van der Waals surface area contributed by atoms with Crippen LogP contribution >= 0.6 is 22.9 Å². The second-order valence-electron chi connectivity index (χ2n) is 3.54. The van der Waals surface area contributed by atoms with Gasteiger partial charge in [-0.15, -0.1) is 11.3 Å². The minimum absolute atomic E-state index is 0.0673. The maximum Gasteiger partial charge on any atom is 0.151 e. The topological polar surface area (TPSA) is 59.1 Å². The molecule has 1 atom stereocenters. The van der Waals surface area contributed by atoms with E-state index in [9.17, 15) is 8.42 Å². The Bertz CT molecular complexity index is 443. The number of sulfone groups is 1. The molecule has 1 saturated heterocycles. The van der Waals surface area contributed by atoms with Gasteiger partial charge < -0.3 is 5.32 Å². The molecular formula is C8H11ClN2O2S2. The Balaban J connectivity index is 1.85. The molecule has 0 aliphatic carbocycles. The first-order valence-corrected chi connectivity index (χ1v) is 7.61. The van der Waals surface area contributed by atoms with Crippen molar-refractivity contribution in [3.63, 3.8) is 0 Å². The molecular weight excluding hydrogens is 256 g/mol. The fourth-order valence-electron chi connectivity index (χ4n) is 1.56. The average molecular weight is 267 g/mol. The van der Waals surface area contributed by atoms with Gasteiger partial charge in [-0.25, -0.2) is 13.4 Å². The Morgan fingerprint density at radius 1 is 1.67 bits per heavy atom. The molecule has 1 aromatic heterocycles. The third kappa shape index (κ3) is 3.14. The first-order valence-electron chi connectivity index (χ1n) is 4.59. The first kappa shape index (κ1) is 11.3. The van der Waals surface area contributed by atoms with Gasteiger partial charge in [0.25, 0.3) is 0 Å². The number of nitrogens with zero attached hydrogens (tertiary/aromatic N) is 1. The van der Waals surface area contributed by atoms with Crippen LogP contribution in [0, 0.1) is 0 Å². The lowest BCUT2D eigenvalue weighted by molar-refractivity contribution is 0.553. The number of thiazole rings is 1. The van der Waals surface area contributed by atoms with E-state index in [-0.39, 0.29) is 11.8 Å². The maximum absolute atomic E-state index is 11.2. The van der Waals surface area contributed by atoms with Crippen LogP contribution in [-0.2, 0) is 16.4 Å². The van der Waals surface area contributed by atoms with Gasteiger partial charge in [-0.05, 0) is 6.42 Å². The summed E-state index contributed by atoms with van der Waals surface area (Å²) in [5.74, 6) is 0.537. The van der Waals surface area contributed by atoms with Gasteiger partial charge in [0.2, 0.25) is 0 Å². The van der Waals surface area contributed by atoms with E-state index >= 15 is 0 Å². The van der Waals surface area contributed by atoms with Crippen molar-refractivity contribution in [2.45, 2.75) is 19.0 Å². The van der Waals surface area contributed by atoms with Crippen molar-refractivity contribution < 1.29 is 8.42 Å². The van der Waals surface area contributed by atoms with Gasteiger partial charge in [0.05, 0.1) is 17.7 Å². The summed E-state index contributed by atoms with van der Waals surface area (Å²) < 4.78 is 23.0. The fraction of sp³-hybridized carbons (Fsp3) is 0.625. The first-order chi connectivity index (χ1) is 7.05. The lowest BCUT2D eigenvalue weighted by atomic mass is 10.3. The van der Waals surface area contributed by atoms with Gasteiger partial charge in [-0.2, -0.15) is 0 Å². The van der Waals surface area contributed by atoms with E-state index in [0.29, 0.717) is 23.1 Å². The molecule has 0 bridgehead atoms. The van der Waals surface area contributed by atoms with Crippen molar-refractivity contribution in [3.05, 3.63) is 15.5 Å². The van der Waals surface area contributed by atoms with Crippen LogP contribution in [0.3, 0.4) is 0 Å². The molecule has 7 heteroatoms. The molecule has 2 rings (SSSR count). The van der Waals surface area contributed by atoms with Crippen molar-refractivity contribution in [1.29, 1.82) is 0 Å². The Morgan fingerprint density at radius 3 is 3.00 bits per heavy atom. The van der Waals surface area contributed by atoms with E-state index in [0.717, 1.165) is 5.01 Å². The smallest absolute Gasteiger partial charge is 0.151 e. The molecule has 1 N–H and O–H groups in total. The molecule has 0 amide bonds. The monoisotopic (exact) mass is 266 g/mol. The summed E-state index contributed by atoms with van der Waals surface area (Å²) in [5.41, 5.74) is 0. The molecule has 4 nitrogen and oxygen atoms in total. The molecule has 0 radical (unpaired) electrons. The van der Waals surface area contributed by atoms with E-state index in [1.807, 2.05) is 0 Å². The molecule has 1 aromatic rings. The second kappa shape index (κ2) is 4.37. The third-order valence-corrected chi connectivity index (χ3v) is 5.18. The second-order valence-corrected chi connectivity index (χ2v) is 7.51. The number of rotatable bonds is 3. The Labute approximate surface area is 97.6 Å². The molecule has 1 fully saturated rings. The van der Waals surface area contributed by atoms with E-state index in [4.69, 9.17) is 11.6 Å². The molecule has 1 aliphatic heterocycles. The Kier molecular flexibility index (Phi) is 3.30. The van der Waals surface area contributed by atoms with Gasteiger partial charge in [0.1, 0.15) is 9.34 Å². The van der Waals surface area contributed by atoms with Crippen LogP contribution in [0.15, 0.2) is 6.20 Å². The van der Waals surface area contributed by atoms with Crippen molar-refractivity contribution in [2.24, 2.45) is 0 Å². The molecule has 0 spiro atoms. The number of hydrogen-bond donors (Lipinski definition) is 1. The highest BCUT2D eigenvalue weighted by Crippen LogP contribution is 2.18. The van der Waals surface area contributed by atoms with E-state index in [2.05, 4.69) is 10.3 Å². The minimum atomic E-state index is -2.80. The summed E-state index contributed by atoms with van der Waals surface area (Å²) in [5, 5.41) is 4.07. The summed E-state index contributed by atoms with van der Waals surface area (Å²) >= 11 is 7.15. The summed E-state index contributed by atoms with van der Waals surface area (Å²) in [6, 6.07) is 0.0673. The molecule has 0 aromatic carbocycles. The highest BCUT2D eigenvalue weighted by atomic mass is 35.5. The zero-order valence-electron chi connectivity index (χ0n) is 7.94. The van der Waals surface area contributed by atoms with Gasteiger partial charge in [-0.1, -0.05) is 11.6 Å². The summed E-state index contributed by atoms with van der Waals surface area (Å²) in [4.78, 5) is 4.09. The van der Waals surface area contributed by atoms with Gasteiger partial charge in [0, 0.05) is 12.6 Å². The van der Waals surface area contributed by atoms with Gasteiger partial charge in [0.15, 0.2) is 9.84 Å². The number of aromatic nitrogens is 1. The van der Waals surface area contributed by atoms with Crippen LogP contribution in [0.5, 0.6) is 0 Å². The summed E-state index contributed by atoms with van der Waals surface area (Å²) in [7, 11) is -2.80. The van der Waals surface area contributed by atoms with Crippen molar-refractivity contribution in [2.75, 3.05) is 11.5 Å². The molecule has 15 heavy (non-hydrogen) atoms. The quantitative estimate of drug-likeness (QED) is 0.889. The van der Waals surface area contributed by atoms with Crippen molar-refractivity contribution in [1.82, 2.24) is 10.3 Å². The molecule has 1 aliphatic rings. The van der Waals surface area contributed by atoms with Crippen molar-refractivity contribution >= 4 is 32.8 Å². The number of nitrogens with one attached hydrogen (secondary N) is 1. The van der Waals surface area contributed by atoms with E-state index < -0.39 is 9.84 Å². The lowest BCUT2D eigenvalue weighted by Gasteiger charge is -2.07. The number of halogens is 1. The van der Waals surface area contributed by atoms with Crippen LogP contribution in [0.25, 0.3) is 0 Å². The zero-order chi connectivity index (χ0) is 10.9. The average Bonchev–Trinajstić information content (AvgIpc) is 2.69. The van der Waals surface area contributed by atoms with Crippen LogP contribution in [-0.4, -0.2) is 30.9 Å². The normalized spacial score (nSPS) is 24.5. The summed E-state index contributed by atoms with van der Waals surface area (Å²) in [6.45, 7) is 0.595. The summed E-state index contributed by atoms with van der Waals surface area (Å²) in [6.07, 6.45) is 2.30. The predicted octanol–water partition coefficient (Wildman–Crippen LogP) is 1.07. The van der Waals surface area contributed by atoms with Crippen LogP contribution < -0.4 is 5.32 Å². The van der Waals surface area contributed by atoms with Crippen molar-refractivity contribution in [3.8, 4) is 0 Å². The molecule has 84 valence electrons. The standard InChI is InChI=1S/C8H11ClN2O2S2/c9-7-3-11-8(14-7)4-10-6-1-2-15(12,13)5-6/h3,6,10H,1-2,4-5H2. The van der Waals surface area contributed by atoms with E-state index in [1.165, 1.54) is 11.3 Å². The van der Waals surface area contributed by atoms with E-state index in [1.54, 1.807) is 6.20 Å². The lowest BCUT2D eigenvalue weighted by Crippen LogP contribution is -2.29. The zero-order valence-corrected chi connectivity index (χ0v) is 10.3. The Hall–Kier alpha value is -0.170. The van der Waals surface area contributed by atoms with Gasteiger partial charge >= 0.3 is 0 Å². The predicted molar refractivity (Wildman–Crippen MR) is 61.0 cm³/mol. The maximum atomic E-state index is 11.2. The highest BCUT2D eigenvalue weighted by molar-refractivity contribution is 7.91. The molecule has 1 unspecified atom stereocenters. The van der Waals surface area contributed by atoms with Crippen LogP contribution in [0.1, 0.15) is 11.4 Å². The molecule has 0 saturated carbocycles. The SMILES string of the molecule is O=S1(=O)CCC(NCc2ncc(Cl)s2)C1. The largest absolute Gasteiger partial charge is 0.307 e. The molecule has 2 heterocycles. The van der Waals surface area contributed by atoms with Crippen LogP contribution in [0.2, 0.25) is 4.34 Å². The van der Waals surface area contributed by atoms with Crippen LogP contribution in [0.4, 0.5) is 0 Å². The Morgan fingerprint density at radius 2 is 2.47 bits per heavy atom. The number of hydrogen-bond acceptors (Lipinski definition) is 5. The van der Waals surface area contributed by atoms with Gasteiger partial charge in [-0.3, -0.25) is 0 Å². The fourth-order valence-corrected chi connectivity index (χ4v) is 4.17.